The molecule has 2 N–H and O–H groups in total. The lowest BCUT2D eigenvalue weighted by Crippen LogP contribution is -2.33. The standard InChI is InChI=1S/C13H23BrN4/c1-4-5-18(7-6-17(2)3)13-11(9-15)8-12(14)10-16-13/h8,10H,4-7,9,15H2,1-3H3. The maximum absolute atomic E-state index is 5.81. The van der Waals surface area contributed by atoms with Gasteiger partial charge in [0.05, 0.1) is 0 Å². The number of aromatic nitrogens is 1. The Morgan fingerprint density at radius 2 is 2.00 bits per heavy atom. The van der Waals surface area contributed by atoms with Crippen LogP contribution in [0.1, 0.15) is 18.9 Å². The molecule has 0 saturated heterocycles. The number of halogens is 1. The summed E-state index contributed by atoms with van der Waals surface area (Å²) in [5.74, 6) is 1.02. The van der Waals surface area contributed by atoms with Gasteiger partial charge in [-0.2, -0.15) is 0 Å². The number of likely N-dealkylation sites (N-methyl/N-ethyl adjacent to an activating group) is 1. The van der Waals surface area contributed by atoms with Crippen LogP contribution in [0.3, 0.4) is 0 Å². The lowest BCUT2D eigenvalue weighted by molar-refractivity contribution is 0.412. The van der Waals surface area contributed by atoms with Gasteiger partial charge in [0, 0.05) is 42.4 Å². The Hall–Kier alpha value is -0.650. The molecule has 0 fully saturated rings. The molecule has 0 unspecified atom stereocenters. The average molecular weight is 315 g/mol. The van der Waals surface area contributed by atoms with Crippen LogP contribution >= 0.6 is 15.9 Å². The van der Waals surface area contributed by atoms with E-state index in [0.29, 0.717) is 6.54 Å². The van der Waals surface area contributed by atoms with Crippen LogP contribution in [0.5, 0.6) is 0 Å². The fraction of sp³-hybridized carbons (Fsp3) is 0.615. The number of nitrogens with zero attached hydrogens (tertiary/aromatic N) is 3. The fourth-order valence-electron chi connectivity index (χ4n) is 1.82. The highest BCUT2D eigenvalue weighted by molar-refractivity contribution is 9.10. The summed E-state index contributed by atoms with van der Waals surface area (Å²) in [4.78, 5) is 9.02. The van der Waals surface area contributed by atoms with Gasteiger partial charge in [0.25, 0.3) is 0 Å². The van der Waals surface area contributed by atoms with Crippen LogP contribution in [0.2, 0.25) is 0 Å². The molecule has 1 heterocycles. The topological polar surface area (TPSA) is 45.4 Å². The van der Waals surface area contributed by atoms with E-state index in [-0.39, 0.29) is 0 Å². The van der Waals surface area contributed by atoms with Crippen molar-refractivity contribution in [1.82, 2.24) is 9.88 Å². The van der Waals surface area contributed by atoms with Gasteiger partial charge < -0.3 is 15.5 Å². The van der Waals surface area contributed by atoms with Gasteiger partial charge in [-0.1, -0.05) is 6.92 Å². The molecule has 0 aliphatic heterocycles. The molecule has 4 nitrogen and oxygen atoms in total. The molecule has 18 heavy (non-hydrogen) atoms. The highest BCUT2D eigenvalue weighted by Crippen LogP contribution is 2.21. The zero-order chi connectivity index (χ0) is 13.5. The molecule has 0 atom stereocenters. The molecule has 0 radical (unpaired) electrons. The van der Waals surface area contributed by atoms with Crippen molar-refractivity contribution >= 4 is 21.7 Å². The Kier molecular flexibility index (Phi) is 6.60. The van der Waals surface area contributed by atoms with Crippen LogP contribution in [0.4, 0.5) is 5.82 Å². The lowest BCUT2D eigenvalue weighted by Gasteiger charge is -2.26. The van der Waals surface area contributed by atoms with E-state index in [1.165, 1.54) is 0 Å². The Morgan fingerprint density at radius 1 is 1.28 bits per heavy atom. The number of pyridine rings is 1. The van der Waals surface area contributed by atoms with Crippen molar-refractivity contribution in [2.45, 2.75) is 19.9 Å². The lowest BCUT2D eigenvalue weighted by atomic mass is 10.2. The van der Waals surface area contributed by atoms with E-state index >= 15 is 0 Å². The summed E-state index contributed by atoms with van der Waals surface area (Å²) in [6, 6.07) is 2.06. The Labute approximate surface area is 118 Å². The van der Waals surface area contributed by atoms with Gasteiger partial charge in [0.15, 0.2) is 0 Å². The number of hydrogen-bond donors (Lipinski definition) is 1. The molecule has 0 bridgehead atoms. The summed E-state index contributed by atoms with van der Waals surface area (Å²) in [5, 5.41) is 0. The van der Waals surface area contributed by atoms with Gasteiger partial charge >= 0.3 is 0 Å². The summed E-state index contributed by atoms with van der Waals surface area (Å²) in [6.07, 6.45) is 2.95. The second-order valence-electron chi connectivity index (χ2n) is 4.63. The van der Waals surface area contributed by atoms with Gasteiger partial charge in [-0.3, -0.25) is 0 Å². The smallest absolute Gasteiger partial charge is 0.133 e. The van der Waals surface area contributed by atoms with Gasteiger partial charge in [0.2, 0.25) is 0 Å². The minimum absolute atomic E-state index is 0.518. The van der Waals surface area contributed by atoms with E-state index < -0.39 is 0 Å². The number of hydrogen-bond acceptors (Lipinski definition) is 4. The van der Waals surface area contributed by atoms with Crippen LogP contribution in [0.15, 0.2) is 16.7 Å². The summed E-state index contributed by atoms with van der Waals surface area (Å²) in [5.41, 5.74) is 6.91. The van der Waals surface area contributed by atoms with E-state index in [1.54, 1.807) is 0 Å². The van der Waals surface area contributed by atoms with Crippen molar-refractivity contribution in [2.75, 3.05) is 38.6 Å². The molecule has 102 valence electrons. The molecule has 0 aliphatic rings. The van der Waals surface area contributed by atoms with Crippen molar-refractivity contribution in [3.8, 4) is 0 Å². The number of nitrogens with two attached hydrogens (primary N) is 1. The van der Waals surface area contributed by atoms with E-state index in [0.717, 1.165) is 41.9 Å². The largest absolute Gasteiger partial charge is 0.355 e. The molecule has 0 saturated carbocycles. The Balaban J connectivity index is 2.89. The van der Waals surface area contributed by atoms with Crippen molar-refractivity contribution in [1.29, 1.82) is 0 Å². The van der Waals surface area contributed by atoms with Crippen molar-refractivity contribution in [2.24, 2.45) is 5.73 Å². The van der Waals surface area contributed by atoms with Crippen molar-refractivity contribution < 1.29 is 0 Å². The maximum atomic E-state index is 5.81. The van der Waals surface area contributed by atoms with E-state index in [9.17, 15) is 0 Å². The fourth-order valence-corrected chi connectivity index (χ4v) is 2.20. The summed E-state index contributed by atoms with van der Waals surface area (Å²) in [6.45, 7) is 5.70. The van der Waals surface area contributed by atoms with Gasteiger partial charge in [0.1, 0.15) is 5.82 Å². The first kappa shape index (κ1) is 15.4. The van der Waals surface area contributed by atoms with E-state index in [2.05, 4.69) is 57.8 Å². The second kappa shape index (κ2) is 7.71. The molecule has 0 amide bonds. The van der Waals surface area contributed by atoms with Crippen LogP contribution < -0.4 is 10.6 Å². The summed E-state index contributed by atoms with van der Waals surface area (Å²) in [7, 11) is 4.17. The molecular weight excluding hydrogens is 292 g/mol. The molecule has 0 spiro atoms. The number of rotatable bonds is 7. The molecule has 1 rings (SSSR count). The monoisotopic (exact) mass is 314 g/mol. The van der Waals surface area contributed by atoms with Crippen molar-refractivity contribution in [3.63, 3.8) is 0 Å². The third-order valence-electron chi connectivity index (χ3n) is 2.74. The quantitative estimate of drug-likeness (QED) is 0.837. The van der Waals surface area contributed by atoms with Gasteiger partial charge in [-0.05, 0) is 42.5 Å². The predicted molar refractivity (Wildman–Crippen MR) is 80.9 cm³/mol. The third kappa shape index (κ3) is 4.55. The van der Waals surface area contributed by atoms with Gasteiger partial charge in [-0.25, -0.2) is 4.98 Å². The van der Waals surface area contributed by atoms with Crippen LogP contribution in [-0.2, 0) is 6.54 Å². The first-order chi connectivity index (χ1) is 8.58. The third-order valence-corrected chi connectivity index (χ3v) is 3.17. The van der Waals surface area contributed by atoms with Gasteiger partial charge in [-0.15, -0.1) is 0 Å². The zero-order valence-electron chi connectivity index (χ0n) is 11.5. The van der Waals surface area contributed by atoms with Crippen LogP contribution in [0.25, 0.3) is 0 Å². The zero-order valence-corrected chi connectivity index (χ0v) is 13.1. The Bertz CT molecular complexity index is 368. The highest BCUT2D eigenvalue weighted by atomic mass is 79.9. The van der Waals surface area contributed by atoms with Crippen LogP contribution in [-0.4, -0.2) is 43.6 Å². The SMILES string of the molecule is CCCN(CCN(C)C)c1ncc(Br)cc1CN. The average Bonchev–Trinajstić information content (AvgIpc) is 2.34. The predicted octanol–water partition coefficient (Wildman–Crippen LogP) is 2.08. The minimum Gasteiger partial charge on any atom is -0.355 e. The van der Waals surface area contributed by atoms with E-state index in [4.69, 9.17) is 5.73 Å². The molecule has 1 aromatic heterocycles. The summed E-state index contributed by atoms with van der Waals surface area (Å²) >= 11 is 3.44. The molecule has 1 aromatic rings. The maximum Gasteiger partial charge on any atom is 0.133 e. The highest BCUT2D eigenvalue weighted by Gasteiger charge is 2.12. The minimum atomic E-state index is 0.518. The molecular formula is C13H23BrN4. The molecule has 0 aromatic carbocycles. The normalized spacial score (nSPS) is 11.0. The second-order valence-corrected chi connectivity index (χ2v) is 5.55. The number of anilines is 1. The molecule has 5 heteroatoms. The molecule has 0 aliphatic carbocycles. The van der Waals surface area contributed by atoms with Crippen LogP contribution in [0, 0.1) is 0 Å². The van der Waals surface area contributed by atoms with E-state index in [1.807, 2.05) is 6.20 Å². The first-order valence-electron chi connectivity index (χ1n) is 6.32. The summed E-state index contributed by atoms with van der Waals surface area (Å²) < 4.78 is 0.982. The first-order valence-corrected chi connectivity index (χ1v) is 7.12. The Morgan fingerprint density at radius 3 is 2.56 bits per heavy atom. The van der Waals surface area contributed by atoms with Crippen molar-refractivity contribution in [3.05, 3.63) is 22.3 Å².